The molecule has 2 aromatic rings. The van der Waals surface area contributed by atoms with Gasteiger partial charge in [0, 0.05) is 25.2 Å². The van der Waals surface area contributed by atoms with Crippen LogP contribution in [-0.2, 0) is 4.79 Å². The fourth-order valence-corrected chi connectivity index (χ4v) is 4.93. The lowest BCUT2D eigenvalue weighted by atomic mass is 9.87. The topological polar surface area (TPSA) is 45.7 Å². The van der Waals surface area contributed by atoms with Crippen LogP contribution >= 0.6 is 0 Å². The Labute approximate surface area is 182 Å². The molecule has 7 heteroatoms. The fraction of sp³-hybridized carbons (Fsp3) is 0.500. The Bertz CT molecular complexity index is 906. The van der Waals surface area contributed by atoms with Crippen LogP contribution in [-0.4, -0.2) is 47.6 Å². The van der Waals surface area contributed by atoms with Crippen LogP contribution in [0.3, 0.4) is 0 Å². The Hall–Kier alpha value is -2.70. The van der Waals surface area contributed by atoms with Crippen LogP contribution in [0.25, 0.3) is 0 Å². The molecular weight excluding hydrogens is 400 g/mol. The SMILES string of the molecule is Cc1ccccc1OCC(=O)N1CCC[C@@]12CCCN(c1ccc(C(F)F)nc1)CC2. The zero-order valence-corrected chi connectivity index (χ0v) is 17.9. The Morgan fingerprint density at radius 1 is 1.10 bits per heavy atom. The van der Waals surface area contributed by atoms with Crippen molar-refractivity contribution in [2.45, 2.75) is 51.0 Å². The molecule has 0 saturated carbocycles. The molecule has 2 fully saturated rings. The number of aryl methyl sites for hydroxylation is 1. The zero-order chi connectivity index (χ0) is 21.8. The van der Waals surface area contributed by atoms with Crippen LogP contribution in [0, 0.1) is 6.92 Å². The highest BCUT2D eigenvalue weighted by Crippen LogP contribution is 2.39. The predicted octanol–water partition coefficient (Wildman–Crippen LogP) is 4.76. The molecule has 0 unspecified atom stereocenters. The number of pyridine rings is 1. The fourth-order valence-electron chi connectivity index (χ4n) is 4.93. The molecular formula is C24H29F2N3O2. The summed E-state index contributed by atoms with van der Waals surface area (Å²) < 4.78 is 31.4. The molecule has 0 N–H and O–H groups in total. The molecule has 166 valence electrons. The number of nitrogens with zero attached hydrogens (tertiary/aromatic N) is 3. The average Bonchev–Trinajstić information content (AvgIpc) is 3.06. The maximum Gasteiger partial charge on any atom is 0.280 e. The maximum absolute atomic E-state index is 13.1. The number of rotatable bonds is 5. The first-order chi connectivity index (χ1) is 15.0. The van der Waals surface area contributed by atoms with E-state index in [1.165, 1.54) is 12.3 Å². The lowest BCUT2D eigenvalue weighted by Crippen LogP contribution is -2.49. The Kier molecular flexibility index (Phi) is 6.39. The Morgan fingerprint density at radius 3 is 2.58 bits per heavy atom. The van der Waals surface area contributed by atoms with Crippen molar-refractivity contribution in [1.82, 2.24) is 9.88 Å². The maximum atomic E-state index is 13.1. The number of anilines is 1. The van der Waals surface area contributed by atoms with Gasteiger partial charge in [-0.2, -0.15) is 0 Å². The molecule has 2 aliphatic rings. The van der Waals surface area contributed by atoms with Crippen LogP contribution in [0.2, 0.25) is 0 Å². The first-order valence-corrected chi connectivity index (χ1v) is 11.0. The van der Waals surface area contributed by atoms with E-state index < -0.39 is 6.43 Å². The second-order valence-electron chi connectivity index (χ2n) is 8.51. The van der Waals surface area contributed by atoms with Gasteiger partial charge in [-0.15, -0.1) is 0 Å². The minimum Gasteiger partial charge on any atom is -0.484 e. The van der Waals surface area contributed by atoms with Crippen LogP contribution in [0.15, 0.2) is 42.6 Å². The summed E-state index contributed by atoms with van der Waals surface area (Å²) >= 11 is 0. The minimum absolute atomic E-state index is 0.0390. The smallest absolute Gasteiger partial charge is 0.280 e. The van der Waals surface area contributed by atoms with E-state index in [-0.39, 0.29) is 23.7 Å². The molecule has 1 aromatic carbocycles. The number of para-hydroxylation sites is 1. The van der Waals surface area contributed by atoms with Crippen molar-refractivity contribution in [2.24, 2.45) is 0 Å². The van der Waals surface area contributed by atoms with Gasteiger partial charge in [-0.05, 0) is 62.8 Å². The molecule has 31 heavy (non-hydrogen) atoms. The van der Waals surface area contributed by atoms with Gasteiger partial charge in [0.25, 0.3) is 12.3 Å². The van der Waals surface area contributed by atoms with Crippen molar-refractivity contribution in [3.63, 3.8) is 0 Å². The summed E-state index contributed by atoms with van der Waals surface area (Å²) in [6.45, 7) is 4.40. The summed E-state index contributed by atoms with van der Waals surface area (Å²) in [5.41, 5.74) is 1.54. The summed E-state index contributed by atoms with van der Waals surface area (Å²) in [5, 5.41) is 0. The van der Waals surface area contributed by atoms with E-state index in [0.29, 0.717) is 0 Å². The van der Waals surface area contributed by atoms with Gasteiger partial charge in [-0.3, -0.25) is 9.78 Å². The summed E-state index contributed by atoms with van der Waals surface area (Å²) in [7, 11) is 0. The average molecular weight is 430 g/mol. The number of hydrogen-bond donors (Lipinski definition) is 0. The van der Waals surface area contributed by atoms with Crippen molar-refractivity contribution < 1.29 is 18.3 Å². The zero-order valence-electron chi connectivity index (χ0n) is 17.9. The largest absolute Gasteiger partial charge is 0.484 e. The van der Waals surface area contributed by atoms with Gasteiger partial charge in [-0.25, -0.2) is 8.78 Å². The highest BCUT2D eigenvalue weighted by atomic mass is 19.3. The van der Waals surface area contributed by atoms with Gasteiger partial charge in [0.05, 0.1) is 11.9 Å². The first kappa shape index (κ1) is 21.5. The van der Waals surface area contributed by atoms with E-state index in [9.17, 15) is 13.6 Å². The van der Waals surface area contributed by atoms with Crippen molar-refractivity contribution in [2.75, 3.05) is 31.1 Å². The van der Waals surface area contributed by atoms with E-state index in [0.717, 1.165) is 68.7 Å². The number of halogens is 2. The van der Waals surface area contributed by atoms with Crippen molar-refractivity contribution in [3.8, 4) is 5.75 Å². The third-order valence-corrected chi connectivity index (χ3v) is 6.62. The van der Waals surface area contributed by atoms with Crippen molar-refractivity contribution >= 4 is 11.6 Å². The highest BCUT2D eigenvalue weighted by molar-refractivity contribution is 5.79. The van der Waals surface area contributed by atoms with E-state index in [1.54, 1.807) is 6.07 Å². The van der Waals surface area contributed by atoms with Gasteiger partial charge in [0.2, 0.25) is 0 Å². The van der Waals surface area contributed by atoms with Crippen LogP contribution in [0.1, 0.15) is 49.8 Å². The van der Waals surface area contributed by atoms with Crippen LogP contribution in [0.5, 0.6) is 5.75 Å². The Balaban J connectivity index is 1.41. The molecule has 0 bridgehead atoms. The molecule has 1 amide bonds. The highest BCUT2D eigenvalue weighted by Gasteiger charge is 2.44. The summed E-state index contributed by atoms with van der Waals surface area (Å²) in [4.78, 5) is 21.2. The van der Waals surface area contributed by atoms with Gasteiger partial charge >= 0.3 is 0 Å². The molecule has 1 atom stereocenters. The van der Waals surface area contributed by atoms with Gasteiger partial charge in [0.15, 0.2) is 6.61 Å². The molecule has 1 aromatic heterocycles. The molecule has 0 radical (unpaired) electrons. The molecule has 2 aliphatic heterocycles. The predicted molar refractivity (Wildman–Crippen MR) is 116 cm³/mol. The van der Waals surface area contributed by atoms with Crippen LogP contribution in [0.4, 0.5) is 14.5 Å². The third kappa shape index (κ3) is 4.65. The number of alkyl halides is 2. The number of carbonyl (C=O) groups is 1. The van der Waals surface area contributed by atoms with Gasteiger partial charge < -0.3 is 14.5 Å². The molecule has 5 nitrogen and oxygen atoms in total. The summed E-state index contributed by atoms with van der Waals surface area (Å²) in [6.07, 6.45) is 3.73. The van der Waals surface area contributed by atoms with E-state index in [2.05, 4.69) is 9.88 Å². The van der Waals surface area contributed by atoms with Crippen molar-refractivity contribution in [1.29, 1.82) is 0 Å². The monoisotopic (exact) mass is 429 g/mol. The van der Waals surface area contributed by atoms with E-state index >= 15 is 0 Å². The lowest BCUT2D eigenvalue weighted by Gasteiger charge is -2.38. The molecule has 0 aliphatic carbocycles. The summed E-state index contributed by atoms with van der Waals surface area (Å²) in [6, 6.07) is 10.8. The number of hydrogen-bond acceptors (Lipinski definition) is 4. The minimum atomic E-state index is -2.55. The van der Waals surface area contributed by atoms with Crippen LogP contribution < -0.4 is 9.64 Å². The number of ether oxygens (including phenoxy) is 1. The second-order valence-corrected chi connectivity index (χ2v) is 8.51. The molecule has 4 rings (SSSR count). The Morgan fingerprint density at radius 2 is 1.87 bits per heavy atom. The third-order valence-electron chi connectivity index (χ3n) is 6.62. The van der Waals surface area contributed by atoms with E-state index in [4.69, 9.17) is 4.74 Å². The number of amides is 1. The number of benzene rings is 1. The van der Waals surface area contributed by atoms with Gasteiger partial charge in [-0.1, -0.05) is 18.2 Å². The number of likely N-dealkylation sites (tertiary alicyclic amines) is 1. The normalized spacial score (nSPS) is 21.5. The molecule has 3 heterocycles. The quantitative estimate of drug-likeness (QED) is 0.688. The summed E-state index contributed by atoms with van der Waals surface area (Å²) in [5.74, 6) is 0.785. The second kappa shape index (κ2) is 9.20. The standard InChI is InChI=1S/C24H29F2N3O2/c1-18-6-2-3-7-21(18)31-17-22(30)29-14-5-11-24(29)10-4-13-28(15-12-24)19-8-9-20(23(25)26)27-16-19/h2-3,6-9,16,23H,4-5,10-15,17H2,1H3/t24-/m1/s1. The lowest BCUT2D eigenvalue weighted by molar-refractivity contribution is -0.138. The van der Waals surface area contributed by atoms with Crippen molar-refractivity contribution in [3.05, 3.63) is 53.9 Å². The van der Waals surface area contributed by atoms with Gasteiger partial charge in [0.1, 0.15) is 11.4 Å². The molecule has 2 saturated heterocycles. The number of carbonyl (C=O) groups excluding carboxylic acids is 1. The van der Waals surface area contributed by atoms with E-state index in [1.807, 2.05) is 36.1 Å². The first-order valence-electron chi connectivity index (χ1n) is 11.0. The number of aromatic nitrogens is 1. The molecule has 1 spiro atoms.